The number of benzene rings is 9. The Morgan fingerprint density at radius 1 is 0.352 bits per heavy atom. The number of hydrogen-bond donors (Lipinski definition) is 0. The van der Waals surface area contributed by atoms with E-state index in [1.807, 2.05) is 0 Å². The Kier molecular flexibility index (Phi) is 6.66. The number of rotatable bonds is 4. The Balaban J connectivity index is 1.07. The third kappa shape index (κ3) is 4.65. The summed E-state index contributed by atoms with van der Waals surface area (Å²) in [5, 5.41) is 4.98. The molecule has 0 N–H and O–H groups in total. The predicted octanol–water partition coefficient (Wildman–Crippen LogP) is 14.7. The highest BCUT2D eigenvalue weighted by atomic mass is 16.5. The van der Waals surface area contributed by atoms with Crippen molar-refractivity contribution in [2.75, 3.05) is 0 Å². The van der Waals surface area contributed by atoms with E-state index in [4.69, 9.17) is 4.74 Å². The molecule has 0 unspecified atom stereocenters. The Bertz CT molecular complexity index is 2970. The lowest BCUT2D eigenvalue weighted by atomic mass is 9.81. The van der Waals surface area contributed by atoms with Gasteiger partial charge < -0.3 is 4.74 Å². The van der Waals surface area contributed by atoms with Crippen molar-refractivity contribution in [3.05, 3.63) is 193 Å². The van der Waals surface area contributed by atoms with Gasteiger partial charge in [-0.2, -0.15) is 0 Å². The van der Waals surface area contributed by atoms with Gasteiger partial charge in [0.2, 0.25) is 0 Å². The quantitative estimate of drug-likeness (QED) is 0.179. The Hall–Kier alpha value is -6.70. The van der Waals surface area contributed by atoms with Crippen LogP contribution in [-0.2, 0) is 5.41 Å². The van der Waals surface area contributed by atoms with Gasteiger partial charge in [0.25, 0.3) is 0 Å². The molecular weight excluding hydrogens is 653 g/mol. The molecule has 1 heteroatoms. The van der Waals surface area contributed by atoms with Gasteiger partial charge in [-0.05, 0) is 131 Å². The van der Waals surface area contributed by atoms with Crippen LogP contribution in [0.3, 0.4) is 0 Å². The van der Waals surface area contributed by atoms with Crippen molar-refractivity contribution in [2.24, 2.45) is 0 Å². The van der Waals surface area contributed by atoms with Gasteiger partial charge in [0.15, 0.2) is 0 Å². The second-order valence-corrected chi connectivity index (χ2v) is 15.3. The molecule has 54 heavy (non-hydrogen) atoms. The van der Waals surface area contributed by atoms with Crippen molar-refractivity contribution in [3.63, 3.8) is 0 Å². The van der Waals surface area contributed by atoms with Crippen molar-refractivity contribution in [1.29, 1.82) is 0 Å². The summed E-state index contributed by atoms with van der Waals surface area (Å²) in [6.45, 7) is 4.75. The van der Waals surface area contributed by atoms with E-state index < -0.39 is 0 Å². The zero-order valence-corrected chi connectivity index (χ0v) is 30.2. The van der Waals surface area contributed by atoms with E-state index in [0.29, 0.717) is 0 Å². The first-order valence-electron chi connectivity index (χ1n) is 18.8. The fourth-order valence-corrected chi connectivity index (χ4v) is 9.13. The molecule has 0 aromatic heterocycles. The molecule has 0 saturated heterocycles. The fraction of sp³-hybridized carbons (Fsp3) is 0.0566. The summed E-state index contributed by atoms with van der Waals surface area (Å²) in [7, 11) is 0. The topological polar surface area (TPSA) is 9.23 Å². The first-order chi connectivity index (χ1) is 26.5. The van der Waals surface area contributed by atoms with Crippen LogP contribution in [0, 0.1) is 0 Å². The lowest BCUT2D eigenvalue weighted by molar-refractivity contribution is 0.487. The largest absolute Gasteiger partial charge is 0.456 e. The number of fused-ring (bicyclic) bond motifs is 7. The molecule has 0 spiro atoms. The van der Waals surface area contributed by atoms with Gasteiger partial charge in [-0.3, -0.25) is 0 Å². The predicted molar refractivity (Wildman–Crippen MR) is 226 cm³/mol. The van der Waals surface area contributed by atoms with E-state index in [0.717, 1.165) is 28.0 Å². The molecule has 0 atom stereocenters. The van der Waals surface area contributed by atoms with E-state index in [9.17, 15) is 0 Å². The van der Waals surface area contributed by atoms with Crippen LogP contribution in [-0.4, -0.2) is 0 Å². The summed E-state index contributed by atoms with van der Waals surface area (Å²) in [4.78, 5) is 0. The van der Waals surface area contributed by atoms with Gasteiger partial charge in [0.1, 0.15) is 11.5 Å². The molecule has 1 aliphatic heterocycles. The summed E-state index contributed by atoms with van der Waals surface area (Å²) < 4.78 is 6.63. The minimum absolute atomic E-state index is 0.110. The van der Waals surface area contributed by atoms with Crippen LogP contribution in [0.1, 0.15) is 25.0 Å². The maximum Gasteiger partial charge on any atom is 0.135 e. The minimum atomic E-state index is -0.110. The standard InChI is InChI=1S/C53H36O/c1-53(2)47-25-21-35-16-9-10-17-42(35)51(47)45-23-20-37(32-48(45)53)40-29-38(33-12-5-3-6-13-33)28-39(30-40)36-22-26-49-46(31-36)44-19-11-18-43-41(34-14-7-4-8-15-34)24-27-50(54-49)52(43)44/h3-32H,1-2H3. The lowest BCUT2D eigenvalue weighted by Gasteiger charge is -2.23. The van der Waals surface area contributed by atoms with E-state index in [1.54, 1.807) is 0 Å². The molecule has 0 saturated carbocycles. The van der Waals surface area contributed by atoms with Gasteiger partial charge in [-0.25, -0.2) is 0 Å². The molecule has 11 rings (SSSR count). The first kappa shape index (κ1) is 30.9. The van der Waals surface area contributed by atoms with Crippen LogP contribution in [0.2, 0.25) is 0 Å². The van der Waals surface area contributed by atoms with Crippen LogP contribution >= 0.6 is 0 Å². The normalized spacial score (nSPS) is 13.3. The van der Waals surface area contributed by atoms with Crippen LogP contribution in [0.25, 0.3) is 88.3 Å². The summed E-state index contributed by atoms with van der Waals surface area (Å²) in [6, 6.07) is 66.6. The molecule has 0 amide bonds. The Morgan fingerprint density at radius 3 is 1.78 bits per heavy atom. The second kappa shape index (κ2) is 11.7. The number of hydrogen-bond acceptors (Lipinski definition) is 1. The van der Waals surface area contributed by atoms with Crippen LogP contribution < -0.4 is 4.74 Å². The van der Waals surface area contributed by atoms with Gasteiger partial charge >= 0.3 is 0 Å². The highest BCUT2D eigenvalue weighted by Crippen LogP contribution is 2.53. The van der Waals surface area contributed by atoms with Crippen molar-refractivity contribution in [2.45, 2.75) is 19.3 Å². The number of ether oxygens (including phenoxy) is 1. The lowest BCUT2D eigenvalue weighted by Crippen LogP contribution is -2.15. The monoisotopic (exact) mass is 688 g/mol. The maximum absolute atomic E-state index is 6.63. The van der Waals surface area contributed by atoms with Crippen molar-refractivity contribution < 1.29 is 4.74 Å². The summed E-state index contributed by atoms with van der Waals surface area (Å²) in [6.07, 6.45) is 0. The van der Waals surface area contributed by atoms with Crippen molar-refractivity contribution in [3.8, 4) is 78.3 Å². The van der Waals surface area contributed by atoms with E-state index >= 15 is 0 Å². The Morgan fingerprint density at radius 2 is 0.981 bits per heavy atom. The second-order valence-electron chi connectivity index (χ2n) is 15.3. The summed E-state index contributed by atoms with van der Waals surface area (Å²) in [5.41, 5.74) is 17.3. The molecule has 0 bridgehead atoms. The zero-order chi connectivity index (χ0) is 36.0. The van der Waals surface area contributed by atoms with Gasteiger partial charge in [-0.15, -0.1) is 0 Å². The third-order valence-corrected chi connectivity index (χ3v) is 11.8. The van der Waals surface area contributed by atoms with Gasteiger partial charge in [0, 0.05) is 16.4 Å². The van der Waals surface area contributed by atoms with Crippen LogP contribution in [0.5, 0.6) is 11.5 Å². The molecule has 1 aliphatic carbocycles. The molecule has 9 aromatic carbocycles. The molecular formula is C53H36O. The zero-order valence-electron chi connectivity index (χ0n) is 30.2. The molecule has 9 aromatic rings. The third-order valence-electron chi connectivity index (χ3n) is 11.8. The maximum atomic E-state index is 6.63. The highest BCUT2D eigenvalue weighted by molar-refractivity contribution is 6.10. The van der Waals surface area contributed by atoms with E-state index in [-0.39, 0.29) is 5.41 Å². The summed E-state index contributed by atoms with van der Waals surface area (Å²) in [5.74, 6) is 1.79. The molecule has 1 heterocycles. The molecule has 0 fully saturated rings. The highest BCUT2D eigenvalue weighted by Gasteiger charge is 2.36. The van der Waals surface area contributed by atoms with Crippen molar-refractivity contribution >= 4 is 21.5 Å². The molecule has 1 nitrogen and oxygen atoms in total. The first-order valence-corrected chi connectivity index (χ1v) is 18.8. The minimum Gasteiger partial charge on any atom is -0.456 e. The fourth-order valence-electron chi connectivity index (χ4n) is 9.13. The molecule has 0 radical (unpaired) electrons. The van der Waals surface area contributed by atoms with Gasteiger partial charge in [-0.1, -0.05) is 153 Å². The van der Waals surface area contributed by atoms with E-state index in [1.165, 1.54) is 82.9 Å². The van der Waals surface area contributed by atoms with Crippen molar-refractivity contribution in [1.82, 2.24) is 0 Å². The average Bonchev–Trinajstić information content (AvgIpc) is 3.47. The van der Waals surface area contributed by atoms with Crippen LogP contribution in [0.15, 0.2) is 182 Å². The molecule has 2 aliphatic rings. The smallest absolute Gasteiger partial charge is 0.135 e. The van der Waals surface area contributed by atoms with Crippen LogP contribution in [0.4, 0.5) is 0 Å². The molecule has 254 valence electrons. The average molecular weight is 689 g/mol. The van der Waals surface area contributed by atoms with Gasteiger partial charge in [0.05, 0.1) is 0 Å². The Labute approximate surface area is 315 Å². The SMILES string of the molecule is CC1(C)c2cc(-c3cc(-c4ccccc4)cc(-c4ccc5c(c4)-c4cccc6c(-c7ccccc7)ccc(c46)O5)c3)ccc2-c2c1ccc1ccccc21. The van der Waals surface area contributed by atoms with E-state index in [2.05, 4.69) is 196 Å². The summed E-state index contributed by atoms with van der Waals surface area (Å²) >= 11 is 0.